The van der Waals surface area contributed by atoms with Crippen LogP contribution in [0.25, 0.3) is 0 Å². The number of sulfonamides is 1. The van der Waals surface area contributed by atoms with Crippen LogP contribution in [0, 0.1) is 6.92 Å². The molecule has 1 N–H and O–H groups in total. The molecule has 3 nitrogen and oxygen atoms in total. The van der Waals surface area contributed by atoms with Crippen molar-refractivity contribution >= 4 is 10.0 Å². The van der Waals surface area contributed by atoms with Crippen molar-refractivity contribution in [2.75, 3.05) is 6.54 Å². The summed E-state index contributed by atoms with van der Waals surface area (Å²) in [4.78, 5) is 0.322. The lowest BCUT2D eigenvalue weighted by atomic mass is 10.1. The van der Waals surface area contributed by atoms with E-state index in [4.69, 9.17) is 0 Å². The first-order chi connectivity index (χ1) is 9.58. The zero-order valence-electron chi connectivity index (χ0n) is 11.5. The molecule has 0 radical (unpaired) electrons. The molecule has 0 aliphatic carbocycles. The quantitative estimate of drug-likeness (QED) is 0.831. The molecule has 0 aromatic heterocycles. The van der Waals surface area contributed by atoms with E-state index in [0.717, 1.165) is 18.4 Å². The first-order valence-corrected chi connectivity index (χ1v) is 8.16. The first kappa shape index (κ1) is 14.8. The molecule has 0 aliphatic rings. The summed E-state index contributed by atoms with van der Waals surface area (Å²) in [5.74, 6) is 0. The van der Waals surface area contributed by atoms with Crippen LogP contribution in [-0.2, 0) is 16.4 Å². The summed E-state index contributed by atoms with van der Waals surface area (Å²) in [6.45, 7) is 2.38. The highest BCUT2D eigenvalue weighted by Gasteiger charge is 2.12. The molecule has 0 amide bonds. The maximum atomic E-state index is 12.0. The number of hydrogen-bond donors (Lipinski definition) is 1. The van der Waals surface area contributed by atoms with E-state index in [9.17, 15) is 8.42 Å². The van der Waals surface area contributed by atoms with E-state index >= 15 is 0 Å². The fraction of sp³-hybridized carbons (Fsp3) is 0.250. The lowest BCUT2D eigenvalue weighted by Crippen LogP contribution is -2.25. The molecule has 2 rings (SSSR count). The van der Waals surface area contributed by atoms with Gasteiger partial charge in [0.2, 0.25) is 10.0 Å². The van der Waals surface area contributed by atoms with E-state index in [-0.39, 0.29) is 0 Å². The van der Waals surface area contributed by atoms with Gasteiger partial charge in [-0.2, -0.15) is 0 Å². The smallest absolute Gasteiger partial charge is 0.211 e. The molecule has 0 saturated heterocycles. The maximum Gasteiger partial charge on any atom is 0.240 e. The standard InChI is InChI=1S/C16H19NO2S/c1-14-9-11-16(12-10-14)20(18,19)17-13-5-8-15-6-3-2-4-7-15/h2-4,6-7,9-12,17H,5,8,13H2,1H3. The molecule has 2 aromatic carbocycles. The van der Waals surface area contributed by atoms with Gasteiger partial charge in [0.15, 0.2) is 0 Å². The molecule has 0 heterocycles. The summed E-state index contributed by atoms with van der Waals surface area (Å²) in [6.07, 6.45) is 1.66. The van der Waals surface area contributed by atoms with Crippen molar-refractivity contribution in [1.29, 1.82) is 0 Å². The minimum Gasteiger partial charge on any atom is -0.211 e. The van der Waals surface area contributed by atoms with Gasteiger partial charge in [-0.05, 0) is 37.5 Å². The van der Waals surface area contributed by atoms with Crippen molar-refractivity contribution in [1.82, 2.24) is 4.72 Å². The molecule has 2 aromatic rings. The van der Waals surface area contributed by atoms with Gasteiger partial charge in [-0.1, -0.05) is 48.0 Å². The van der Waals surface area contributed by atoms with Gasteiger partial charge in [-0.15, -0.1) is 0 Å². The monoisotopic (exact) mass is 289 g/mol. The molecule has 0 spiro atoms. The molecule has 106 valence electrons. The second-order valence-electron chi connectivity index (χ2n) is 4.80. The Morgan fingerprint density at radius 1 is 0.950 bits per heavy atom. The van der Waals surface area contributed by atoms with Crippen LogP contribution in [0.15, 0.2) is 59.5 Å². The van der Waals surface area contributed by atoms with E-state index < -0.39 is 10.0 Å². The third-order valence-electron chi connectivity index (χ3n) is 3.11. The van der Waals surface area contributed by atoms with Crippen LogP contribution in [0.5, 0.6) is 0 Å². The molecule has 0 unspecified atom stereocenters. The highest BCUT2D eigenvalue weighted by Crippen LogP contribution is 2.10. The van der Waals surface area contributed by atoms with Crippen LogP contribution in [0.1, 0.15) is 17.5 Å². The van der Waals surface area contributed by atoms with E-state index in [2.05, 4.69) is 16.9 Å². The summed E-state index contributed by atoms with van der Waals surface area (Å²) in [5, 5.41) is 0. The zero-order valence-corrected chi connectivity index (χ0v) is 12.4. The summed E-state index contributed by atoms with van der Waals surface area (Å²) >= 11 is 0. The van der Waals surface area contributed by atoms with Crippen molar-refractivity contribution in [2.24, 2.45) is 0 Å². The lowest BCUT2D eigenvalue weighted by molar-refractivity contribution is 0.579. The van der Waals surface area contributed by atoms with Gasteiger partial charge < -0.3 is 0 Å². The van der Waals surface area contributed by atoms with Gasteiger partial charge in [0.05, 0.1) is 4.90 Å². The Balaban J connectivity index is 1.85. The second-order valence-corrected chi connectivity index (χ2v) is 6.57. The highest BCUT2D eigenvalue weighted by molar-refractivity contribution is 7.89. The Bertz CT molecular complexity index is 634. The average molecular weight is 289 g/mol. The third-order valence-corrected chi connectivity index (χ3v) is 4.59. The Labute approximate surface area is 120 Å². The van der Waals surface area contributed by atoms with Crippen LogP contribution in [0.2, 0.25) is 0 Å². The van der Waals surface area contributed by atoms with E-state index in [1.165, 1.54) is 5.56 Å². The fourth-order valence-corrected chi connectivity index (χ4v) is 3.02. The summed E-state index contributed by atoms with van der Waals surface area (Å²) in [5.41, 5.74) is 2.27. The molecule has 0 fully saturated rings. The van der Waals surface area contributed by atoms with Crippen molar-refractivity contribution in [3.8, 4) is 0 Å². The summed E-state index contributed by atoms with van der Waals surface area (Å²) in [7, 11) is -3.38. The van der Waals surface area contributed by atoms with E-state index in [1.54, 1.807) is 24.3 Å². The van der Waals surface area contributed by atoms with Gasteiger partial charge in [0.25, 0.3) is 0 Å². The summed E-state index contributed by atoms with van der Waals surface area (Å²) < 4.78 is 26.7. The molecule has 0 atom stereocenters. The van der Waals surface area contributed by atoms with Crippen LogP contribution < -0.4 is 4.72 Å². The van der Waals surface area contributed by atoms with Crippen LogP contribution in [-0.4, -0.2) is 15.0 Å². The lowest BCUT2D eigenvalue weighted by Gasteiger charge is -2.07. The van der Waals surface area contributed by atoms with Crippen molar-refractivity contribution in [3.05, 3.63) is 65.7 Å². The minimum absolute atomic E-state index is 0.322. The van der Waals surface area contributed by atoms with Gasteiger partial charge >= 0.3 is 0 Å². The average Bonchev–Trinajstić information content (AvgIpc) is 2.45. The number of benzene rings is 2. The topological polar surface area (TPSA) is 46.2 Å². The van der Waals surface area contributed by atoms with Crippen molar-refractivity contribution in [3.63, 3.8) is 0 Å². The zero-order chi connectivity index (χ0) is 14.4. The van der Waals surface area contributed by atoms with Crippen LogP contribution >= 0.6 is 0 Å². The normalized spacial score (nSPS) is 11.4. The molecule has 0 saturated carbocycles. The molecule has 20 heavy (non-hydrogen) atoms. The number of aryl methyl sites for hydroxylation is 2. The largest absolute Gasteiger partial charge is 0.240 e. The summed E-state index contributed by atoms with van der Waals surface area (Å²) in [6, 6.07) is 16.9. The van der Waals surface area contributed by atoms with Crippen LogP contribution in [0.3, 0.4) is 0 Å². The van der Waals surface area contributed by atoms with Gasteiger partial charge in [0, 0.05) is 6.54 Å². The minimum atomic E-state index is -3.38. The number of rotatable bonds is 6. The maximum absolute atomic E-state index is 12.0. The molecule has 0 aliphatic heterocycles. The van der Waals surface area contributed by atoms with E-state index in [0.29, 0.717) is 11.4 Å². The SMILES string of the molecule is Cc1ccc(S(=O)(=O)NCCCc2ccccc2)cc1. The fourth-order valence-electron chi connectivity index (χ4n) is 1.94. The number of hydrogen-bond acceptors (Lipinski definition) is 2. The predicted molar refractivity (Wildman–Crippen MR) is 81.1 cm³/mol. The van der Waals surface area contributed by atoms with Crippen LogP contribution in [0.4, 0.5) is 0 Å². The first-order valence-electron chi connectivity index (χ1n) is 6.68. The second kappa shape index (κ2) is 6.68. The Hall–Kier alpha value is -1.65. The van der Waals surface area contributed by atoms with Crippen molar-refractivity contribution < 1.29 is 8.42 Å². The number of nitrogens with one attached hydrogen (secondary N) is 1. The molecule has 0 bridgehead atoms. The molecular weight excluding hydrogens is 270 g/mol. The van der Waals surface area contributed by atoms with Crippen molar-refractivity contribution in [2.45, 2.75) is 24.7 Å². The Morgan fingerprint density at radius 3 is 2.25 bits per heavy atom. The van der Waals surface area contributed by atoms with Gasteiger partial charge in [0.1, 0.15) is 0 Å². The van der Waals surface area contributed by atoms with Gasteiger partial charge in [-0.3, -0.25) is 0 Å². The Kier molecular flexibility index (Phi) is 4.93. The van der Waals surface area contributed by atoms with E-state index in [1.807, 2.05) is 25.1 Å². The highest BCUT2D eigenvalue weighted by atomic mass is 32.2. The predicted octanol–water partition coefficient (Wildman–Crippen LogP) is 2.91. The Morgan fingerprint density at radius 2 is 1.60 bits per heavy atom. The molecule has 4 heteroatoms. The van der Waals surface area contributed by atoms with Gasteiger partial charge in [-0.25, -0.2) is 13.1 Å². The molecular formula is C16H19NO2S. The third kappa shape index (κ3) is 4.18.